The predicted molar refractivity (Wildman–Crippen MR) is 159 cm³/mol. The molecule has 1 unspecified atom stereocenters. The molecule has 2 heterocycles. The number of piperazine rings is 1. The van der Waals surface area contributed by atoms with Crippen LogP contribution in [0, 0.1) is 6.92 Å². The van der Waals surface area contributed by atoms with Gasteiger partial charge in [-0.05, 0) is 48.9 Å². The van der Waals surface area contributed by atoms with E-state index in [0.717, 1.165) is 54.9 Å². The van der Waals surface area contributed by atoms with Gasteiger partial charge in [-0.2, -0.15) is 0 Å². The van der Waals surface area contributed by atoms with E-state index in [9.17, 15) is 9.59 Å². The first-order chi connectivity index (χ1) is 20.0. The molecule has 0 bridgehead atoms. The molecule has 1 aliphatic heterocycles. The van der Waals surface area contributed by atoms with Crippen molar-refractivity contribution in [3.8, 4) is 5.75 Å². The number of rotatable bonds is 10. The SMILES string of the molecule is COC(=O)C(CNC(=O)c1ccc(OCc2cc(C)nc3ccccc23)cc1)N1CCN(Cc2ccccc2)CC1. The van der Waals surface area contributed by atoms with E-state index in [4.69, 9.17) is 9.47 Å². The summed E-state index contributed by atoms with van der Waals surface area (Å²) in [6.07, 6.45) is 0. The second kappa shape index (κ2) is 13.4. The summed E-state index contributed by atoms with van der Waals surface area (Å²) in [6, 6.07) is 26.9. The molecule has 0 saturated carbocycles. The van der Waals surface area contributed by atoms with Crippen LogP contribution in [0.15, 0.2) is 84.9 Å². The van der Waals surface area contributed by atoms with Gasteiger partial charge in [-0.15, -0.1) is 0 Å². The fourth-order valence-electron chi connectivity index (χ4n) is 5.24. The molecule has 3 aromatic carbocycles. The van der Waals surface area contributed by atoms with Crippen LogP contribution in [-0.2, 0) is 22.7 Å². The Morgan fingerprint density at radius 1 is 0.927 bits per heavy atom. The summed E-state index contributed by atoms with van der Waals surface area (Å²) in [5.41, 5.74) is 4.71. The molecular formula is C33H36N4O4. The van der Waals surface area contributed by atoms with Crippen LogP contribution in [0.2, 0.25) is 0 Å². The third kappa shape index (κ3) is 7.28. The number of ether oxygens (including phenoxy) is 2. The maximum absolute atomic E-state index is 12.9. The number of nitrogens with zero attached hydrogens (tertiary/aromatic N) is 3. The Hall–Kier alpha value is -4.27. The number of hydrogen-bond acceptors (Lipinski definition) is 7. The molecule has 1 aliphatic rings. The highest BCUT2D eigenvalue weighted by molar-refractivity contribution is 5.94. The number of carbonyl (C=O) groups is 2. The average Bonchev–Trinajstić information content (AvgIpc) is 3.01. The first-order valence-corrected chi connectivity index (χ1v) is 13.9. The predicted octanol–water partition coefficient (Wildman–Crippen LogP) is 4.21. The molecule has 1 amide bonds. The van der Waals surface area contributed by atoms with Crippen LogP contribution in [0.5, 0.6) is 5.75 Å². The molecule has 1 N–H and O–H groups in total. The van der Waals surface area contributed by atoms with E-state index in [0.29, 0.717) is 17.9 Å². The van der Waals surface area contributed by atoms with Gasteiger partial charge in [0, 0.05) is 61.5 Å². The Bertz CT molecular complexity index is 1470. The lowest BCUT2D eigenvalue weighted by atomic mass is 10.1. The molecule has 8 nitrogen and oxygen atoms in total. The third-order valence-corrected chi connectivity index (χ3v) is 7.47. The summed E-state index contributed by atoms with van der Waals surface area (Å²) in [6.45, 7) is 6.56. The molecule has 1 aromatic heterocycles. The molecule has 8 heteroatoms. The van der Waals surface area contributed by atoms with Crippen LogP contribution in [-0.4, -0.2) is 72.5 Å². The van der Waals surface area contributed by atoms with Gasteiger partial charge in [0.2, 0.25) is 0 Å². The molecule has 1 atom stereocenters. The molecular weight excluding hydrogens is 516 g/mol. The number of fused-ring (bicyclic) bond motifs is 1. The number of pyridine rings is 1. The Balaban J connectivity index is 1.14. The molecule has 41 heavy (non-hydrogen) atoms. The fourth-order valence-corrected chi connectivity index (χ4v) is 5.24. The zero-order valence-electron chi connectivity index (χ0n) is 23.6. The lowest BCUT2D eigenvalue weighted by Gasteiger charge is -2.38. The minimum Gasteiger partial charge on any atom is -0.489 e. The number of hydrogen-bond donors (Lipinski definition) is 1. The van der Waals surface area contributed by atoms with E-state index in [1.165, 1.54) is 12.7 Å². The van der Waals surface area contributed by atoms with Crippen molar-refractivity contribution < 1.29 is 19.1 Å². The van der Waals surface area contributed by atoms with Gasteiger partial charge in [-0.3, -0.25) is 24.4 Å². The van der Waals surface area contributed by atoms with E-state index in [-0.39, 0.29) is 18.4 Å². The van der Waals surface area contributed by atoms with Crippen molar-refractivity contribution in [2.45, 2.75) is 26.1 Å². The maximum Gasteiger partial charge on any atom is 0.324 e. The highest BCUT2D eigenvalue weighted by Gasteiger charge is 2.30. The Morgan fingerprint density at radius 2 is 1.63 bits per heavy atom. The van der Waals surface area contributed by atoms with Crippen molar-refractivity contribution in [3.05, 3.63) is 107 Å². The summed E-state index contributed by atoms with van der Waals surface area (Å²) in [5.74, 6) is 0.0780. The zero-order valence-corrected chi connectivity index (χ0v) is 23.6. The van der Waals surface area contributed by atoms with Crippen LogP contribution < -0.4 is 10.1 Å². The Kier molecular flexibility index (Phi) is 9.23. The fraction of sp³-hybridized carbons (Fsp3) is 0.303. The van der Waals surface area contributed by atoms with E-state index in [1.54, 1.807) is 24.3 Å². The lowest BCUT2D eigenvalue weighted by molar-refractivity contribution is -0.147. The second-order valence-electron chi connectivity index (χ2n) is 10.3. The Labute approximate surface area is 240 Å². The normalized spacial score (nSPS) is 14.9. The third-order valence-electron chi connectivity index (χ3n) is 7.47. The van der Waals surface area contributed by atoms with Gasteiger partial charge in [-0.1, -0.05) is 48.5 Å². The Morgan fingerprint density at radius 3 is 2.37 bits per heavy atom. The van der Waals surface area contributed by atoms with Gasteiger partial charge in [0.05, 0.1) is 12.6 Å². The van der Waals surface area contributed by atoms with Gasteiger partial charge in [0.1, 0.15) is 18.4 Å². The first-order valence-electron chi connectivity index (χ1n) is 13.9. The number of para-hydroxylation sites is 1. The van der Waals surface area contributed by atoms with Crippen molar-refractivity contribution in [3.63, 3.8) is 0 Å². The van der Waals surface area contributed by atoms with Gasteiger partial charge in [0.25, 0.3) is 5.91 Å². The van der Waals surface area contributed by atoms with Crippen LogP contribution >= 0.6 is 0 Å². The molecule has 5 rings (SSSR count). The van der Waals surface area contributed by atoms with Crippen molar-refractivity contribution in [2.24, 2.45) is 0 Å². The number of aryl methyl sites for hydroxylation is 1. The quantitative estimate of drug-likeness (QED) is 0.295. The number of aromatic nitrogens is 1. The summed E-state index contributed by atoms with van der Waals surface area (Å²) < 4.78 is 11.1. The lowest BCUT2D eigenvalue weighted by Crippen LogP contribution is -2.56. The summed E-state index contributed by atoms with van der Waals surface area (Å²) in [5, 5.41) is 3.99. The summed E-state index contributed by atoms with van der Waals surface area (Å²) in [7, 11) is 1.39. The van der Waals surface area contributed by atoms with Crippen molar-refractivity contribution in [1.82, 2.24) is 20.1 Å². The minimum atomic E-state index is -0.538. The number of amides is 1. The maximum atomic E-state index is 12.9. The van der Waals surface area contributed by atoms with Crippen LogP contribution in [0.1, 0.15) is 27.2 Å². The smallest absolute Gasteiger partial charge is 0.324 e. The minimum absolute atomic E-state index is 0.177. The van der Waals surface area contributed by atoms with Gasteiger partial charge in [0.15, 0.2) is 0 Å². The average molecular weight is 553 g/mol. The van der Waals surface area contributed by atoms with Gasteiger partial charge >= 0.3 is 5.97 Å². The molecule has 0 radical (unpaired) electrons. The molecule has 4 aromatic rings. The number of methoxy groups -OCH3 is 1. The van der Waals surface area contributed by atoms with Crippen molar-refractivity contribution in [1.29, 1.82) is 0 Å². The summed E-state index contributed by atoms with van der Waals surface area (Å²) >= 11 is 0. The summed E-state index contributed by atoms with van der Waals surface area (Å²) in [4.78, 5) is 34.6. The number of nitrogens with one attached hydrogen (secondary N) is 1. The van der Waals surface area contributed by atoms with Gasteiger partial charge in [-0.25, -0.2) is 0 Å². The number of esters is 1. The van der Waals surface area contributed by atoms with E-state index >= 15 is 0 Å². The van der Waals surface area contributed by atoms with Crippen LogP contribution in [0.3, 0.4) is 0 Å². The molecule has 1 fully saturated rings. The van der Waals surface area contributed by atoms with E-state index in [2.05, 4.69) is 32.2 Å². The highest BCUT2D eigenvalue weighted by atomic mass is 16.5. The van der Waals surface area contributed by atoms with E-state index < -0.39 is 6.04 Å². The van der Waals surface area contributed by atoms with Crippen LogP contribution in [0.25, 0.3) is 10.9 Å². The monoisotopic (exact) mass is 552 g/mol. The molecule has 1 saturated heterocycles. The number of benzene rings is 3. The highest BCUT2D eigenvalue weighted by Crippen LogP contribution is 2.21. The standard InChI is InChI=1S/C33H36N4O4/c1-24-20-27(29-10-6-7-11-30(29)35-24)23-41-28-14-12-26(13-15-28)32(38)34-21-31(33(39)40-2)37-18-16-36(17-19-37)22-25-8-4-3-5-9-25/h3-15,20,31H,16-19,21-23H2,1-2H3,(H,34,38). The van der Waals surface area contributed by atoms with E-state index in [1.807, 2.05) is 55.5 Å². The van der Waals surface area contributed by atoms with Crippen molar-refractivity contribution in [2.75, 3.05) is 39.8 Å². The zero-order chi connectivity index (χ0) is 28.6. The molecule has 212 valence electrons. The van der Waals surface area contributed by atoms with Crippen LogP contribution in [0.4, 0.5) is 0 Å². The van der Waals surface area contributed by atoms with Gasteiger partial charge < -0.3 is 14.8 Å². The second-order valence-corrected chi connectivity index (χ2v) is 10.3. The number of carbonyl (C=O) groups excluding carboxylic acids is 2. The van der Waals surface area contributed by atoms with Crippen molar-refractivity contribution >= 4 is 22.8 Å². The topological polar surface area (TPSA) is 84.0 Å². The molecule has 0 aliphatic carbocycles. The molecule has 0 spiro atoms. The largest absolute Gasteiger partial charge is 0.489 e. The first kappa shape index (κ1) is 28.3.